The van der Waals surface area contributed by atoms with Gasteiger partial charge in [-0.05, 0) is 43.2 Å². The van der Waals surface area contributed by atoms with Crippen molar-refractivity contribution in [3.63, 3.8) is 0 Å². The van der Waals surface area contributed by atoms with Crippen molar-refractivity contribution >= 4 is 11.6 Å². The van der Waals surface area contributed by atoms with Crippen molar-refractivity contribution in [3.05, 3.63) is 47.4 Å². The largest absolute Gasteiger partial charge is 0.494 e. The summed E-state index contributed by atoms with van der Waals surface area (Å²) in [4.78, 5) is 12.1. The van der Waals surface area contributed by atoms with Gasteiger partial charge in [0.1, 0.15) is 17.8 Å². The molecule has 0 fully saturated rings. The van der Waals surface area contributed by atoms with E-state index in [2.05, 4.69) is 12.2 Å². The summed E-state index contributed by atoms with van der Waals surface area (Å²) in [5, 5.41) is 2.85. The number of furan rings is 1. The lowest BCUT2D eigenvalue weighted by molar-refractivity contribution is 0.102. The van der Waals surface area contributed by atoms with E-state index in [-0.39, 0.29) is 12.5 Å². The zero-order chi connectivity index (χ0) is 15.2. The third-order valence-electron chi connectivity index (χ3n) is 3.04. The second-order valence-electron chi connectivity index (χ2n) is 4.79. The van der Waals surface area contributed by atoms with Crippen LogP contribution in [0, 0.1) is 6.92 Å². The zero-order valence-electron chi connectivity index (χ0n) is 12.3. The summed E-state index contributed by atoms with van der Waals surface area (Å²) < 4.78 is 10.7. The van der Waals surface area contributed by atoms with E-state index < -0.39 is 0 Å². The van der Waals surface area contributed by atoms with Gasteiger partial charge >= 0.3 is 0 Å². The molecule has 0 saturated carbocycles. The van der Waals surface area contributed by atoms with Crippen molar-refractivity contribution in [1.82, 2.24) is 0 Å². The summed E-state index contributed by atoms with van der Waals surface area (Å²) in [5.41, 5.74) is 7.61. The number of benzene rings is 1. The number of rotatable bonds is 6. The Morgan fingerprint density at radius 3 is 2.81 bits per heavy atom. The monoisotopic (exact) mass is 288 g/mol. The number of carbonyl (C=O) groups excluding carboxylic acids is 1. The molecule has 1 amide bonds. The fourth-order valence-corrected chi connectivity index (χ4v) is 1.89. The van der Waals surface area contributed by atoms with E-state index in [0.29, 0.717) is 17.9 Å². The van der Waals surface area contributed by atoms with Crippen LogP contribution in [-0.4, -0.2) is 12.5 Å². The summed E-state index contributed by atoms with van der Waals surface area (Å²) >= 11 is 0. The maximum absolute atomic E-state index is 12.1. The number of hydrogen-bond acceptors (Lipinski definition) is 4. The summed E-state index contributed by atoms with van der Waals surface area (Å²) in [7, 11) is 0. The fraction of sp³-hybridized carbons (Fsp3) is 0.312. The summed E-state index contributed by atoms with van der Waals surface area (Å²) in [5.74, 6) is 1.17. The number of amides is 1. The summed E-state index contributed by atoms with van der Waals surface area (Å²) in [6, 6.07) is 7.23. The Morgan fingerprint density at radius 1 is 1.38 bits per heavy atom. The SMILES string of the molecule is CCCOc1ccc(NC(=O)c2coc(CN)c2)c(C)c1. The molecule has 5 nitrogen and oxygen atoms in total. The number of nitrogens with two attached hydrogens (primary N) is 1. The molecule has 0 bridgehead atoms. The van der Waals surface area contributed by atoms with E-state index in [1.54, 1.807) is 6.07 Å². The molecule has 112 valence electrons. The number of nitrogens with one attached hydrogen (secondary N) is 1. The van der Waals surface area contributed by atoms with Gasteiger partial charge in [0.05, 0.1) is 18.7 Å². The van der Waals surface area contributed by atoms with E-state index >= 15 is 0 Å². The summed E-state index contributed by atoms with van der Waals surface area (Å²) in [6.45, 7) is 4.94. The van der Waals surface area contributed by atoms with Gasteiger partial charge in [-0.3, -0.25) is 4.79 Å². The van der Waals surface area contributed by atoms with Gasteiger partial charge in [0.15, 0.2) is 0 Å². The first-order valence-electron chi connectivity index (χ1n) is 6.96. The molecule has 2 rings (SSSR count). The topological polar surface area (TPSA) is 77.5 Å². The molecule has 21 heavy (non-hydrogen) atoms. The van der Waals surface area contributed by atoms with Crippen LogP contribution in [0.5, 0.6) is 5.75 Å². The van der Waals surface area contributed by atoms with E-state index in [9.17, 15) is 4.79 Å². The molecule has 0 saturated heterocycles. The second kappa shape index (κ2) is 6.95. The van der Waals surface area contributed by atoms with E-state index in [0.717, 1.165) is 23.4 Å². The number of carbonyl (C=O) groups is 1. The van der Waals surface area contributed by atoms with Gasteiger partial charge < -0.3 is 20.2 Å². The minimum absolute atomic E-state index is 0.219. The van der Waals surface area contributed by atoms with Gasteiger partial charge in [-0.15, -0.1) is 0 Å². The van der Waals surface area contributed by atoms with Crippen molar-refractivity contribution in [1.29, 1.82) is 0 Å². The van der Waals surface area contributed by atoms with E-state index in [4.69, 9.17) is 14.9 Å². The first-order valence-corrected chi connectivity index (χ1v) is 6.96. The van der Waals surface area contributed by atoms with Gasteiger partial charge in [-0.1, -0.05) is 6.92 Å². The average Bonchev–Trinajstić information content (AvgIpc) is 2.96. The maximum Gasteiger partial charge on any atom is 0.258 e. The van der Waals surface area contributed by atoms with E-state index in [1.807, 2.05) is 25.1 Å². The predicted molar refractivity (Wildman–Crippen MR) is 81.5 cm³/mol. The fourth-order valence-electron chi connectivity index (χ4n) is 1.89. The third kappa shape index (κ3) is 3.86. The van der Waals surface area contributed by atoms with Crippen LogP contribution >= 0.6 is 0 Å². The highest BCUT2D eigenvalue weighted by Gasteiger charge is 2.11. The quantitative estimate of drug-likeness (QED) is 0.856. The van der Waals surface area contributed by atoms with Crippen LogP contribution in [-0.2, 0) is 6.54 Å². The zero-order valence-corrected chi connectivity index (χ0v) is 12.3. The molecule has 1 aromatic carbocycles. The molecular weight excluding hydrogens is 268 g/mol. The standard InChI is InChI=1S/C16H20N2O3/c1-3-6-20-13-4-5-15(11(2)7-13)18-16(19)12-8-14(9-17)21-10-12/h4-5,7-8,10H,3,6,9,17H2,1-2H3,(H,18,19). The molecule has 0 aliphatic heterocycles. The molecule has 5 heteroatoms. The summed E-state index contributed by atoms with van der Waals surface area (Å²) in [6.07, 6.45) is 2.37. The lowest BCUT2D eigenvalue weighted by Crippen LogP contribution is -2.12. The molecule has 0 aliphatic carbocycles. The minimum atomic E-state index is -0.219. The van der Waals surface area contributed by atoms with Crippen LogP contribution in [0.15, 0.2) is 34.9 Å². The lowest BCUT2D eigenvalue weighted by Gasteiger charge is -2.10. The Balaban J connectivity index is 2.06. The first-order chi connectivity index (χ1) is 10.1. The van der Waals surface area contributed by atoms with Gasteiger partial charge in [-0.2, -0.15) is 0 Å². The maximum atomic E-state index is 12.1. The van der Waals surface area contributed by atoms with Gasteiger partial charge in [0.2, 0.25) is 0 Å². The van der Waals surface area contributed by atoms with Crippen molar-refractivity contribution in [2.24, 2.45) is 5.73 Å². The van der Waals surface area contributed by atoms with Crippen LogP contribution in [0.25, 0.3) is 0 Å². The Morgan fingerprint density at radius 2 is 2.19 bits per heavy atom. The van der Waals surface area contributed by atoms with E-state index in [1.165, 1.54) is 6.26 Å². The number of hydrogen-bond donors (Lipinski definition) is 2. The molecule has 0 radical (unpaired) electrons. The highest BCUT2D eigenvalue weighted by Crippen LogP contribution is 2.22. The van der Waals surface area contributed by atoms with Crippen LogP contribution in [0.4, 0.5) is 5.69 Å². The van der Waals surface area contributed by atoms with Crippen molar-refractivity contribution in [3.8, 4) is 5.75 Å². The molecular formula is C16H20N2O3. The Hall–Kier alpha value is -2.27. The van der Waals surface area contributed by atoms with Gasteiger partial charge in [0, 0.05) is 5.69 Å². The molecule has 1 aromatic heterocycles. The normalized spacial score (nSPS) is 10.4. The number of ether oxygens (including phenoxy) is 1. The third-order valence-corrected chi connectivity index (χ3v) is 3.04. The first kappa shape index (κ1) is 15.1. The predicted octanol–water partition coefficient (Wildman–Crippen LogP) is 3.09. The van der Waals surface area contributed by atoms with Crippen LogP contribution < -0.4 is 15.8 Å². The van der Waals surface area contributed by atoms with Crippen LogP contribution in [0.2, 0.25) is 0 Å². The molecule has 2 aromatic rings. The average molecular weight is 288 g/mol. The van der Waals surface area contributed by atoms with Crippen LogP contribution in [0.3, 0.4) is 0 Å². The highest BCUT2D eigenvalue weighted by atomic mass is 16.5. The van der Waals surface area contributed by atoms with Crippen molar-refractivity contribution < 1.29 is 13.9 Å². The smallest absolute Gasteiger partial charge is 0.258 e. The molecule has 0 aliphatic rings. The number of anilines is 1. The minimum Gasteiger partial charge on any atom is -0.494 e. The van der Waals surface area contributed by atoms with Gasteiger partial charge in [0.25, 0.3) is 5.91 Å². The van der Waals surface area contributed by atoms with Crippen LogP contribution in [0.1, 0.15) is 35.0 Å². The Kier molecular flexibility index (Phi) is 5.00. The highest BCUT2D eigenvalue weighted by molar-refractivity contribution is 6.04. The molecule has 0 atom stereocenters. The number of aryl methyl sites for hydroxylation is 1. The lowest BCUT2D eigenvalue weighted by atomic mass is 10.2. The van der Waals surface area contributed by atoms with Crippen molar-refractivity contribution in [2.45, 2.75) is 26.8 Å². The van der Waals surface area contributed by atoms with Gasteiger partial charge in [-0.25, -0.2) is 0 Å². The molecule has 3 N–H and O–H groups in total. The Labute approximate surface area is 124 Å². The second-order valence-corrected chi connectivity index (χ2v) is 4.79. The Bertz CT molecular complexity index is 620. The van der Waals surface area contributed by atoms with Crippen molar-refractivity contribution in [2.75, 3.05) is 11.9 Å². The molecule has 0 unspecified atom stereocenters. The molecule has 0 spiro atoms. The molecule has 1 heterocycles.